The van der Waals surface area contributed by atoms with Crippen molar-refractivity contribution in [3.8, 4) is 5.75 Å². The molecule has 0 aliphatic rings. The van der Waals surface area contributed by atoms with E-state index in [9.17, 15) is 18.7 Å². The fraction of sp³-hybridized carbons (Fsp3) is 0.435. The van der Waals surface area contributed by atoms with Gasteiger partial charge in [0.1, 0.15) is 11.9 Å². The molecule has 0 saturated carbocycles. The SMILES string of the molecule is CCCCCCC[C@H](F)[C@H](F)C(=O)Nc1ccc(NCc2ccc(O)cc2)cc1N. The number of rotatable bonds is 12. The van der Waals surface area contributed by atoms with Crippen LogP contribution in [-0.4, -0.2) is 23.4 Å². The molecule has 164 valence electrons. The fourth-order valence-corrected chi connectivity index (χ4v) is 3.06. The number of carbonyl (C=O) groups is 1. The number of alkyl halides is 2. The third-order valence-corrected chi connectivity index (χ3v) is 4.89. The number of anilines is 3. The van der Waals surface area contributed by atoms with E-state index in [1.54, 1.807) is 42.5 Å². The molecular formula is C23H31F2N3O2. The van der Waals surface area contributed by atoms with Crippen LogP contribution >= 0.6 is 0 Å². The van der Waals surface area contributed by atoms with Gasteiger partial charge in [0.15, 0.2) is 0 Å². The smallest absolute Gasteiger partial charge is 0.262 e. The molecular weight excluding hydrogens is 388 g/mol. The first kappa shape index (κ1) is 23.4. The summed E-state index contributed by atoms with van der Waals surface area (Å²) in [5, 5.41) is 14.9. The number of unbranched alkanes of at least 4 members (excludes halogenated alkanes) is 4. The fourth-order valence-electron chi connectivity index (χ4n) is 3.06. The van der Waals surface area contributed by atoms with Gasteiger partial charge in [0.25, 0.3) is 5.91 Å². The number of phenols is 1. The molecule has 2 aromatic rings. The Morgan fingerprint density at radius 2 is 1.77 bits per heavy atom. The Morgan fingerprint density at radius 1 is 1.07 bits per heavy atom. The lowest BCUT2D eigenvalue weighted by molar-refractivity contribution is -0.123. The zero-order chi connectivity index (χ0) is 21.9. The van der Waals surface area contributed by atoms with E-state index < -0.39 is 18.3 Å². The molecule has 0 aliphatic heterocycles. The van der Waals surface area contributed by atoms with Crippen LogP contribution in [-0.2, 0) is 11.3 Å². The number of nitrogen functional groups attached to an aromatic ring is 1. The molecule has 0 saturated heterocycles. The minimum absolute atomic E-state index is 0.0356. The van der Waals surface area contributed by atoms with Crippen LogP contribution in [0.1, 0.15) is 51.0 Å². The van der Waals surface area contributed by atoms with Crippen LogP contribution in [0.2, 0.25) is 0 Å². The number of benzene rings is 2. The highest BCUT2D eigenvalue weighted by atomic mass is 19.2. The average Bonchev–Trinajstić information content (AvgIpc) is 2.74. The van der Waals surface area contributed by atoms with Crippen molar-refractivity contribution >= 4 is 23.0 Å². The molecule has 30 heavy (non-hydrogen) atoms. The second-order valence-corrected chi connectivity index (χ2v) is 7.43. The van der Waals surface area contributed by atoms with Gasteiger partial charge in [-0.25, -0.2) is 8.78 Å². The van der Waals surface area contributed by atoms with Crippen molar-refractivity contribution in [1.82, 2.24) is 0 Å². The minimum atomic E-state index is -2.22. The molecule has 5 N–H and O–H groups in total. The van der Waals surface area contributed by atoms with E-state index in [0.717, 1.165) is 31.2 Å². The predicted octanol–water partition coefficient (Wildman–Crippen LogP) is 5.56. The van der Waals surface area contributed by atoms with Crippen LogP contribution in [0.4, 0.5) is 25.8 Å². The zero-order valence-electron chi connectivity index (χ0n) is 17.3. The molecule has 0 fully saturated rings. The van der Waals surface area contributed by atoms with Gasteiger partial charge in [0.2, 0.25) is 6.17 Å². The maximum Gasteiger partial charge on any atom is 0.262 e. The second kappa shape index (κ2) is 12.0. The molecule has 0 spiro atoms. The lowest BCUT2D eigenvalue weighted by atomic mass is 10.1. The van der Waals surface area contributed by atoms with Gasteiger partial charge in [-0.05, 0) is 42.3 Å². The van der Waals surface area contributed by atoms with Gasteiger partial charge in [-0.2, -0.15) is 0 Å². The second-order valence-electron chi connectivity index (χ2n) is 7.43. The Morgan fingerprint density at radius 3 is 2.43 bits per heavy atom. The summed E-state index contributed by atoms with van der Waals surface area (Å²) in [7, 11) is 0. The summed E-state index contributed by atoms with van der Waals surface area (Å²) in [6, 6.07) is 11.6. The summed E-state index contributed by atoms with van der Waals surface area (Å²) >= 11 is 0. The minimum Gasteiger partial charge on any atom is -0.508 e. The Hall–Kier alpha value is -2.83. The van der Waals surface area contributed by atoms with Crippen molar-refractivity contribution < 1.29 is 18.7 Å². The van der Waals surface area contributed by atoms with Gasteiger partial charge >= 0.3 is 0 Å². The third kappa shape index (κ3) is 7.54. The van der Waals surface area contributed by atoms with Gasteiger partial charge in [-0.3, -0.25) is 4.79 Å². The van der Waals surface area contributed by atoms with E-state index in [1.165, 1.54) is 0 Å². The molecule has 0 unspecified atom stereocenters. The largest absolute Gasteiger partial charge is 0.508 e. The molecule has 7 heteroatoms. The van der Waals surface area contributed by atoms with E-state index in [1.807, 2.05) is 0 Å². The molecule has 5 nitrogen and oxygen atoms in total. The number of nitrogens with two attached hydrogens (primary N) is 1. The quantitative estimate of drug-likeness (QED) is 0.268. The molecule has 1 amide bonds. The van der Waals surface area contributed by atoms with E-state index in [4.69, 9.17) is 5.73 Å². The molecule has 0 radical (unpaired) electrons. The van der Waals surface area contributed by atoms with Crippen molar-refractivity contribution in [2.45, 2.75) is 64.3 Å². The van der Waals surface area contributed by atoms with Crippen molar-refractivity contribution in [2.24, 2.45) is 0 Å². The maximum atomic E-state index is 14.1. The first-order valence-electron chi connectivity index (χ1n) is 10.4. The lowest BCUT2D eigenvalue weighted by Crippen LogP contribution is -2.32. The zero-order valence-corrected chi connectivity index (χ0v) is 17.3. The molecule has 0 aliphatic carbocycles. The van der Waals surface area contributed by atoms with E-state index in [-0.39, 0.29) is 23.5 Å². The van der Waals surface area contributed by atoms with Crippen molar-refractivity contribution in [3.05, 3.63) is 48.0 Å². The van der Waals surface area contributed by atoms with Crippen LogP contribution in [0, 0.1) is 0 Å². The molecule has 2 aromatic carbocycles. The van der Waals surface area contributed by atoms with Gasteiger partial charge in [0.05, 0.1) is 11.4 Å². The predicted molar refractivity (Wildman–Crippen MR) is 118 cm³/mol. The lowest BCUT2D eigenvalue weighted by Gasteiger charge is -2.15. The summed E-state index contributed by atoms with van der Waals surface area (Å²) < 4.78 is 28.2. The van der Waals surface area contributed by atoms with Gasteiger partial charge in [0, 0.05) is 12.2 Å². The molecule has 0 aromatic heterocycles. The number of halogens is 2. The Balaban J connectivity index is 1.83. The molecule has 2 rings (SSSR count). The number of phenolic OH excluding ortho intramolecular Hbond substituents is 1. The van der Waals surface area contributed by atoms with E-state index in [0.29, 0.717) is 18.7 Å². The number of hydrogen-bond donors (Lipinski definition) is 4. The molecule has 0 bridgehead atoms. The van der Waals surface area contributed by atoms with Crippen LogP contribution in [0.3, 0.4) is 0 Å². The Bertz CT molecular complexity index is 800. The summed E-state index contributed by atoms with van der Waals surface area (Å²) in [4.78, 5) is 12.0. The number of nitrogens with one attached hydrogen (secondary N) is 2. The summed E-state index contributed by atoms with van der Waals surface area (Å²) in [5.41, 5.74) is 8.13. The van der Waals surface area contributed by atoms with Gasteiger partial charge in [-0.1, -0.05) is 51.2 Å². The van der Waals surface area contributed by atoms with Crippen LogP contribution in [0.25, 0.3) is 0 Å². The maximum absolute atomic E-state index is 14.1. The number of hydrogen-bond acceptors (Lipinski definition) is 4. The monoisotopic (exact) mass is 419 g/mol. The Labute approximate surface area is 176 Å². The van der Waals surface area contributed by atoms with E-state index in [2.05, 4.69) is 17.6 Å². The number of aromatic hydroxyl groups is 1. The topological polar surface area (TPSA) is 87.4 Å². The van der Waals surface area contributed by atoms with Crippen LogP contribution < -0.4 is 16.4 Å². The standard InChI is InChI=1S/C23H31F2N3O2/c1-2-3-4-5-6-7-19(24)22(25)23(30)28-21-13-10-17(14-20(21)26)27-15-16-8-11-18(29)12-9-16/h8-14,19,22,27,29H,2-7,15,26H2,1H3,(H,28,30)/t19-,22-/m0/s1. The summed E-state index contributed by atoms with van der Waals surface area (Å²) in [5.74, 6) is -0.825. The number of carbonyl (C=O) groups excluding carboxylic acids is 1. The summed E-state index contributed by atoms with van der Waals surface area (Å²) in [6.07, 6.45) is 0.563. The third-order valence-electron chi connectivity index (χ3n) is 4.89. The first-order valence-corrected chi connectivity index (χ1v) is 10.4. The highest BCUT2D eigenvalue weighted by Crippen LogP contribution is 2.25. The van der Waals surface area contributed by atoms with Gasteiger partial charge < -0.3 is 21.5 Å². The van der Waals surface area contributed by atoms with Crippen molar-refractivity contribution in [3.63, 3.8) is 0 Å². The normalized spacial score (nSPS) is 12.9. The highest BCUT2D eigenvalue weighted by molar-refractivity contribution is 5.97. The van der Waals surface area contributed by atoms with Crippen LogP contribution in [0.15, 0.2) is 42.5 Å². The molecule has 0 heterocycles. The average molecular weight is 420 g/mol. The summed E-state index contributed by atoms with van der Waals surface area (Å²) in [6.45, 7) is 2.60. The Kier molecular flexibility index (Phi) is 9.38. The highest BCUT2D eigenvalue weighted by Gasteiger charge is 2.28. The van der Waals surface area contributed by atoms with Crippen molar-refractivity contribution in [1.29, 1.82) is 0 Å². The number of amides is 1. The van der Waals surface area contributed by atoms with Crippen molar-refractivity contribution in [2.75, 3.05) is 16.4 Å². The van der Waals surface area contributed by atoms with Crippen LogP contribution in [0.5, 0.6) is 5.75 Å². The first-order chi connectivity index (χ1) is 14.4. The molecule has 2 atom stereocenters. The van der Waals surface area contributed by atoms with Gasteiger partial charge in [-0.15, -0.1) is 0 Å². The van der Waals surface area contributed by atoms with E-state index >= 15 is 0 Å².